The smallest absolute Gasteiger partial charge is 0.103 e. The number of hydrogen-bond acceptors (Lipinski definition) is 0. The fraction of sp³-hybridized carbons (Fsp3) is 1.00. The largest absolute Gasteiger partial charge is 0.247 e. The molecule has 0 amide bonds. The van der Waals surface area contributed by atoms with Crippen LogP contribution in [-0.2, 0) is 0 Å². The fourth-order valence-electron chi connectivity index (χ4n) is 3.28. The summed E-state index contributed by atoms with van der Waals surface area (Å²) < 4.78 is 12.8. The van der Waals surface area contributed by atoms with Gasteiger partial charge in [-0.15, -0.1) is 0 Å². The first-order valence-corrected chi connectivity index (χ1v) is 8.04. The highest BCUT2D eigenvalue weighted by atomic mass is 19.1. The molecule has 2 aliphatic carbocycles. The second-order valence-electron chi connectivity index (χ2n) is 7.28. The van der Waals surface area contributed by atoms with Gasteiger partial charge in [0.1, 0.15) is 6.17 Å². The van der Waals surface area contributed by atoms with Crippen molar-refractivity contribution in [1.29, 1.82) is 0 Å². The van der Waals surface area contributed by atoms with Gasteiger partial charge >= 0.3 is 0 Å². The molecule has 0 N–H and O–H groups in total. The lowest BCUT2D eigenvalue weighted by Gasteiger charge is -2.29. The van der Waals surface area contributed by atoms with Gasteiger partial charge in [-0.3, -0.25) is 0 Å². The molecule has 2 fully saturated rings. The number of halogens is 1. The maximum absolute atomic E-state index is 12.8. The predicted octanol–water partition coefficient (Wildman–Crippen LogP) is 5.86. The fourth-order valence-corrected chi connectivity index (χ4v) is 3.28. The van der Waals surface area contributed by atoms with Crippen molar-refractivity contribution in [3.8, 4) is 0 Å². The zero-order valence-electron chi connectivity index (χ0n) is 13.1. The van der Waals surface area contributed by atoms with Crippen molar-refractivity contribution in [2.24, 2.45) is 29.6 Å². The van der Waals surface area contributed by atoms with Crippen molar-refractivity contribution in [1.82, 2.24) is 0 Å². The van der Waals surface area contributed by atoms with Gasteiger partial charge in [-0.1, -0.05) is 53.9 Å². The van der Waals surface area contributed by atoms with E-state index in [0.29, 0.717) is 11.8 Å². The van der Waals surface area contributed by atoms with Crippen LogP contribution in [0.5, 0.6) is 0 Å². The first-order chi connectivity index (χ1) is 8.40. The van der Waals surface area contributed by atoms with Gasteiger partial charge in [0.2, 0.25) is 0 Å². The van der Waals surface area contributed by atoms with Crippen molar-refractivity contribution in [3.05, 3.63) is 0 Å². The highest BCUT2D eigenvalue weighted by Crippen LogP contribution is 2.32. The van der Waals surface area contributed by atoms with Gasteiger partial charge in [0.05, 0.1) is 0 Å². The van der Waals surface area contributed by atoms with Crippen LogP contribution in [0.15, 0.2) is 0 Å². The maximum Gasteiger partial charge on any atom is 0.103 e. The summed E-state index contributed by atoms with van der Waals surface area (Å²) in [6, 6.07) is 0. The number of alkyl halides is 1. The summed E-state index contributed by atoms with van der Waals surface area (Å²) in [5.41, 5.74) is 0. The number of rotatable bonds is 0. The lowest BCUT2D eigenvalue weighted by atomic mass is 9.77. The first kappa shape index (κ1) is 16.0. The molecular formula is C17H33F. The molecule has 0 radical (unpaired) electrons. The Kier molecular flexibility index (Phi) is 6.66. The van der Waals surface area contributed by atoms with Crippen molar-refractivity contribution in [2.75, 3.05) is 0 Å². The summed E-state index contributed by atoms with van der Waals surface area (Å²) in [6.45, 7) is 11.3. The van der Waals surface area contributed by atoms with E-state index in [1.807, 2.05) is 6.92 Å². The molecule has 2 rings (SSSR count). The van der Waals surface area contributed by atoms with Crippen molar-refractivity contribution in [2.45, 2.75) is 79.3 Å². The third-order valence-electron chi connectivity index (χ3n) is 5.22. The highest BCUT2D eigenvalue weighted by molar-refractivity contribution is 4.74. The Balaban J connectivity index is 0.000000180. The molecule has 108 valence electrons. The molecule has 2 saturated carbocycles. The predicted molar refractivity (Wildman–Crippen MR) is 78.4 cm³/mol. The van der Waals surface area contributed by atoms with E-state index in [0.717, 1.165) is 30.6 Å². The quantitative estimate of drug-likeness (QED) is 0.509. The minimum Gasteiger partial charge on any atom is -0.247 e. The molecule has 0 spiro atoms. The molecule has 0 saturated heterocycles. The third kappa shape index (κ3) is 5.28. The topological polar surface area (TPSA) is 0 Å². The molecule has 0 heterocycles. The molecule has 18 heavy (non-hydrogen) atoms. The Labute approximate surface area is 114 Å². The molecule has 0 bridgehead atoms. The van der Waals surface area contributed by atoms with Gasteiger partial charge in [0.25, 0.3) is 0 Å². The van der Waals surface area contributed by atoms with Gasteiger partial charge in [0.15, 0.2) is 0 Å². The molecule has 6 unspecified atom stereocenters. The molecule has 0 nitrogen and oxygen atoms in total. The van der Waals surface area contributed by atoms with Crippen LogP contribution in [0, 0.1) is 29.6 Å². The molecule has 0 aromatic rings. The van der Waals surface area contributed by atoms with E-state index in [-0.39, 0.29) is 0 Å². The molecule has 1 heteroatoms. The van der Waals surface area contributed by atoms with Crippen molar-refractivity contribution in [3.63, 3.8) is 0 Å². The van der Waals surface area contributed by atoms with Crippen molar-refractivity contribution < 1.29 is 4.39 Å². The average Bonchev–Trinajstić information content (AvgIpc) is 2.30. The molecule has 2 aliphatic rings. The van der Waals surface area contributed by atoms with Crippen LogP contribution in [0.4, 0.5) is 4.39 Å². The van der Waals surface area contributed by atoms with Gasteiger partial charge in [0, 0.05) is 0 Å². The standard InChI is InChI=1S/C9H18.C8H15F/c1-7-4-5-8(2)9(3)6-7;1-6-3-4-7(2)8(9)5-6/h7-9H,4-6H2,1-3H3;6-8H,3-5H2,1-2H3. The van der Waals surface area contributed by atoms with E-state index in [2.05, 4.69) is 27.7 Å². The lowest BCUT2D eigenvalue weighted by Crippen LogP contribution is -2.22. The Hall–Kier alpha value is -0.0700. The molecule has 6 atom stereocenters. The summed E-state index contributed by atoms with van der Waals surface area (Å²) in [7, 11) is 0. The lowest BCUT2D eigenvalue weighted by molar-refractivity contribution is 0.145. The minimum absolute atomic E-state index is 0.321. The second-order valence-corrected chi connectivity index (χ2v) is 7.28. The summed E-state index contributed by atoms with van der Waals surface area (Å²) in [6.07, 6.45) is 6.97. The van der Waals surface area contributed by atoms with E-state index < -0.39 is 6.17 Å². The van der Waals surface area contributed by atoms with Gasteiger partial charge < -0.3 is 0 Å². The Morgan fingerprint density at radius 1 is 0.611 bits per heavy atom. The molecule has 0 aliphatic heterocycles. The zero-order chi connectivity index (χ0) is 13.7. The summed E-state index contributed by atoms with van der Waals surface area (Å²) >= 11 is 0. The Morgan fingerprint density at radius 2 is 1.11 bits per heavy atom. The van der Waals surface area contributed by atoms with Gasteiger partial charge in [-0.25, -0.2) is 4.39 Å². The van der Waals surface area contributed by atoms with Crippen LogP contribution in [0.1, 0.15) is 73.1 Å². The van der Waals surface area contributed by atoms with E-state index >= 15 is 0 Å². The van der Waals surface area contributed by atoms with Crippen LogP contribution < -0.4 is 0 Å². The third-order valence-corrected chi connectivity index (χ3v) is 5.22. The second kappa shape index (κ2) is 7.50. The summed E-state index contributed by atoms with van der Waals surface area (Å²) in [5.74, 6) is 3.91. The zero-order valence-corrected chi connectivity index (χ0v) is 13.1. The monoisotopic (exact) mass is 256 g/mol. The maximum atomic E-state index is 12.8. The van der Waals surface area contributed by atoms with E-state index in [9.17, 15) is 4.39 Å². The number of hydrogen-bond donors (Lipinski definition) is 0. The summed E-state index contributed by atoms with van der Waals surface area (Å²) in [5, 5.41) is 0. The average molecular weight is 256 g/mol. The van der Waals surface area contributed by atoms with Crippen LogP contribution in [0.3, 0.4) is 0 Å². The van der Waals surface area contributed by atoms with Gasteiger partial charge in [-0.05, 0) is 48.9 Å². The Bertz CT molecular complexity index is 202. The highest BCUT2D eigenvalue weighted by Gasteiger charge is 2.24. The normalized spacial score (nSPS) is 45.0. The molecule has 0 aromatic heterocycles. The van der Waals surface area contributed by atoms with Gasteiger partial charge in [-0.2, -0.15) is 0 Å². The molecule has 0 aromatic carbocycles. The minimum atomic E-state index is -0.520. The van der Waals surface area contributed by atoms with E-state index in [4.69, 9.17) is 0 Å². The van der Waals surface area contributed by atoms with E-state index in [1.165, 1.54) is 25.7 Å². The first-order valence-electron chi connectivity index (χ1n) is 8.04. The van der Waals surface area contributed by atoms with E-state index in [1.54, 1.807) is 0 Å². The molecular weight excluding hydrogens is 223 g/mol. The Morgan fingerprint density at radius 3 is 1.50 bits per heavy atom. The van der Waals surface area contributed by atoms with Crippen LogP contribution in [0.2, 0.25) is 0 Å². The van der Waals surface area contributed by atoms with Crippen molar-refractivity contribution >= 4 is 0 Å². The van der Waals surface area contributed by atoms with Crippen LogP contribution >= 0.6 is 0 Å². The van der Waals surface area contributed by atoms with Crippen LogP contribution in [0.25, 0.3) is 0 Å². The summed E-state index contributed by atoms with van der Waals surface area (Å²) in [4.78, 5) is 0. The van der Waals surface area contributed by atoms with Crippen LogP contribution in [-0.4, -0.2) is 6.17 Å². The SMILES string of the molecule is CC1CCC(C)C(C)C1.CC1CCC(C)C(F)C1.